The van der Waals surface area contributed by atoms with Crippen LogP contribution < -0.4 is 14.4 Å². The third kappa shape index (κ3) is 3.68. The molecule has 1 saturated heterocycles. The highest BCUT2D eigenvalue weighted by molar-refractivity contribution is 5.93. The second-order valence-corrected chi connectivity index (χ2v) is 7.54. The van der Waals surface area contributed by atoms with E-state index in [1.807, 2.05) is 6.07 Å². The normalized spacial score (nSPS) is 15.0. The topological polar surface area (TPSA) is 58.1 Å². The fourth-order valence-electron chi connectivity index (χ4n) is 3.88. The number of rotatable bonds is 4. The number of hydrogen-bond donors (Lipinski definition) is 1. The van der Waals surface area contributed by atoms with Gasteiger partial charge in [-0.2, -0.15) is 0 Å². The van der Waals surface area contributed by atoms with Crippen molar-refractivity contribution in [1.82, 2.24) is 9.88 Å². The Morgan fingerprint density at radius 3 is 2.34 bits per heavy atom. The molecule has 2 aromatic carbocycles. The summed E-state index contributed by atoms with van der Waals surface area (Å²) in [6, 6.07) is 11.3. The van der Waals surface area contributed by atoms with E-state index in [1.165, 1.54) is 0 Å². The smallest absolute Gasteiger partial charge is 0.147 e. The molecule has 0 unspecified atom stereocenters. The average Bonchev–Trinajstić information content (AvgIpc) is 2.73. The van der Waals surface area contributed by atoms with E-state index >= 15 is 0 Å². The van der Waals surface area contributed by atoms with Crippen LogP contribution >= 0.6 is 0 Å². The Hall–Kier alpha value is -2.99. The number of pyridine rings is 1. The third-order valence-electron chi connectivity index (χ3n) is 5.62. The predicted molar refractivity (Wildman–Crippen MR) is 116 cm³/mol. The molecule has 0 spiro atoms. The lowest BCUT2D eigenvalue weighted by molar-refractivity contribution is 0.312. The summed E-state index contributed by atoms with van der Waals surface area (Å²) >= 11 is 0. The average molecular weight is 393 g/mol. The molecule has 0 atom stereocenters. The summed E-state index contributed by atoms with van der Waals surface area (Å²) in [7, 11) is 5.46. The minimum atomic E-state index is 0.178. The lowest BCUT2D eigenvalue weighted by Crippen LogP contribution is -2.44. The molecule has 152 valence electrons. The van der Waals surface area contributed by atoms with Gasteiger partial charge < -0.3 is 24.4 Å². The number of hydrogen-bond acceptors (Lipinski definition) is 6. The summed E-state index contributed by atoms with van der Waals surface area (Å²) in [5, 5.41) is 11.0. The van der Waals surface area contributed by atoms with Crippen LogP contribution in [0.3, 0.4) is 0 Å². The minimum Gasteiger partial charge on any atom is -0.508 e. The van der Waals surface area contributed by atoms with Crippen molar-refractivity contribution in [3.05, 3.63) is 42.0 Å². The molecule has 0 bridgehead atoms. The highest BCUT2D eigenvalue weighted by Crippen LogP contribution is 2.38. The number of fused-ring (bicyclic) bond motifs is 1. The van der Waals surface area contributed by atoms with Crippen molar-refractivity contribution in [1.29, 1.82) is 0 Å². The van der Waals surface area contributed by atoms with E-state index in [-0.39, 0.29) is 5.75 Å². The molecular weight excluding hydrogens is 366 g/mol. The van der Waals surface area contributed by atoms with Gasteiger partial charge in [0.05, 0.1) is 19.9 Å². The van der Waals surface area contributed by atoms with Crippen LogP contribution in [0.1, 0.15) is 5.56 Å². The molecule has 1 aliphatic heterocycles. The maximum Gasteiger partial charge on any atom is 0.147 e. The van der Waals surface area contributed by atoms with Gasteiger partial charge in [0.1, 0.15) is 22.8 Å². The zero-order chi connectivity index (χ0) is 20.5. The molecule has 1 fully saturated rings. The van der Waals surface area contributed by atoms with Crippen molar-refractivity contribution < 1.29 is 14.6 Å². The van der Waals surface area contributed by atoms with Gasteiger partial charge in [-0.3, -0.25) is 0 Å². The van der Waals surface area contributed by atoms with Crippen LogP contribution in [0.5, 0.6) is 17.2 Å². The van der Waals surface area contributed by atoms with E-state index < -0.39 is 0 Å². The first-order chi connectivity index (χ1) is 14.0. The van der Waals surface area contributed by atoms with E-state index in [9.17, 15) is 5.11 Å². The molecule has 29 heavy (non-hydrogen) atoms. The zero-order valence-electron chi connectivity index (χ0n) is 17.4. The van der Waals surface area contributed by atoms with Crippen molar-refractivity contribution in [2.45, 2.75) is 6.92 Å². The fraction of sp³-hybridized carbons (Fsp3) is 0.348. The standard InChI is InChI=1S/C23H27N3O3/c1-15-11-20(19-14-17(27)5-6-21(19)28-3)24-23-18(15)12-16(13-22(23)29-4)26-9-7-25(2)8-10-26/h5-6,11-14,27H,7-10H2,1-4H3. The lowest BCUT2D eigenvalue weighted by atomic mass is 10.0. The number of aromatic hydroxyl groups is 1. The number of likely N-dealkylation sites (N-methyl/N-ethyl adjacent to an activating group) is 1. The fourth-order valence-corrected chi connectivity index (χ4v) is 3.88. The van der Waals surface area contributed by atoms with Gasteiger partial charge in [-0.15, -0.1) is 0 Å². The van der Waals surface area contributed by atoms with Gasteiger partial charge in [0.25, 0.3) is 0 Å². The van der Waals surface area contributed by atoms with Crippen molar-refractivity contribution in [2.24, 2.45) is 0 Å². The molecule has 3 aromatic rings. The molecule has 1 aliphatic rings. The molecular formula is C23H27N3O3. The first-order valence-corrected chi connectivity index (χ1v) is 9.80. The quantitative estimate of drug-likeness (QED) is 0.730. The van der Waals surface area contributed by atoms with E-state index in [0.29, 0.717) is 5.75 Å². The largest absolute Gasteiger partial charge is 0.508 e. The Balaban J connectivity index is 1.84. The summed E-state index contributed by atoms with van der Waals surface area (Å²) in [6.45, 7) is 6.17. The van der Waals surface area contributed by atoms with Gasteiger partial charge in [0.2, 0.25) is 0 Å². The lowest BCUT2D eigenvalue weighted by Gasteiger charge is -2.34. The molecule has 1 N–H and O–H groups in total. The van der Waals surface area contributed by atoms with Crippen LogP contribution in [0.15, 0.2) is 36.4 Å². The number of anilines is 1. The van der Waals surface area contributed by atoms with E-state index in [2.05, 4.69) is 35.9 Å². The van der Waals surface area contributed by atoms with E-state index in [1.54, 1.807) is 32.4 Å². The maximum atomic E-state index is 9.96. The number of aryl methyl sites for hydroxylation is 1. The number of methoxy groups -OCH3 is 2. The summed E-state index contributed by atoms with van der Waals surface area (Å²) in [4.78, 5) is 9.62. The summed E-state index contributed by atoms with van der Waals surface area (Å²) < 4.78 is 11.2. The van der Waals surface area contributed by atoms with E-state index in [0.717, 1.165) is 65.3 Å². The van der Waals surface area contributed by atoms with Crippen LogP contribution in [0.4, 0.5) is 5.69 Å². The Morgan fingerprint density at radius 2 is 1.66 bits per heavy atom. The van der Waals surface area contributed by atoms with Crippen molar-refractivity contribution in [3.8, 4) is 28.5 Å². The molecule has 0 radical (unpaired) electrons. The molecule has 6 nitrogen and oxygen atoms in total. The summed E-state index contributed by atoms with van der Waals surface area (Å²) in [6.07, 6.45) is 0. The molecule has 0 aliphatic carbocycles. The molecule has 0 amide bonds. The van der Waals surface area contributed by atoms with Crippen LogP contribution in [0.25, 0.3) is 22.2 Å². The molecule has 4 rings (SSSR count). The van der Waals surface area contributed by atoms with Crippen LogP contribution in [-0.4, -0.2) is 62.4 Å². The minimum absolute atomic E-state index is 0.178. The van der Waals surface area contributed by atoms with Crippen LogP contribution in [0.2, 0.25) is 0 Å². The van der Waals surface area contributed by atoms with Gasteiger partial charge in [-0.05, 0) is 49.9 Å². The molecule has 2 heterocycles. The SMILES string of the molecule is COc1ccc(O)cc1-c1cc(C)c2cc(N3CCN(C)CC3)cc(OC)c2n1. The number of piperazine rings is 1. The van der Waals surface area contributed by atoms with Crippen molar-refractivity contribution in [3.63, 3.8) is 0 Å². The van der Waals surface area contributed by atoms with Crippen LogP contribution in [-0.2, 0) is 0 Å². The number of benzene rings is 2. The van der Waals surface area contributed by atoms with Crippen molar-refractivity contribution in [2.75, 3.05) is 52.3 Å². The molecule has 6 heteroatoms. The Kier molecular flexibility index (Phi) is 5.20. The molecule has 0 saturated carbocycles. The summed E-state index contributed by atoms with van der Waals surface area (Å²) in [5.74, 6) is 1.60. The van der Waals surface area contributed by atoms with Gasteiger partial charge >= 0.3 is 0 Å². The van der Waals surface area contributed by atoms with Gasteiger partial charge in [-0.1, -0.05) is 0 Å². The van der Waals surface area contributed by atoms with Gasteiger partial charge in [0, 0.05) is 48.9 Å². The zero-order valence-corrected chi connectivity index (χ0v) is 17.4. The Labute approximate surface area is 171 Å². The third-order valence-corrected chi connectivity index (χ3v) is 5.62. The maximum absolute atomic E-state index is 9.96. The first-order valence-electron chi connectivity index (χ1n) is 9.80. The Bertz CT molecular complexity index is 1040. The number of nitrogens with zero attached hydrogens (tertiary/aromatic N) is 3. The summed E-state index contributed by atoms with van der Waals surface area (Å²) in [5.41, 5.74) is 4.57. The highest BCUT2D eigenvalue weighted by atomic mass is 16.5. The number of phenolic OH excluding ortho intramolecular Hbond substituents is 1. The van der Waals surface area contributed by atoms with Gasteiger partial charge in [0.15, 0.2) is 0 Å². The van der Waals surface area contributed by atoms with Crippen molar-refractivity contribution >= 4 is 16.6 Å². The molecule has 1 aromatic heterocycles. The second kappa shape index (κ2) is 7.79. The predicted octanol–water partition coefficient (Wildman–Crippen LogP) is 3.68. The van der Waals surface area contributed by atoms with E-state index in [4.69, 9.17) is 14.5 Å². The number of ether oxygens (including phenoxy) is 2. The monoisotopic (exact) mass is 393 g/mol. The Morgan fingerprint density at radius 1 is 0.931 bits per heavy atom. The first kappa shape index (κ1) is 19.3. The van der Waals surface area contributed by atoms with Gasteiger partial charge in [-0.25, -0.2) is 4.98 Å². The highest BCUT2D eigenvalue weighted by Gasteiger charge is 2.19. The second-order valence-electron chi connectivity index (χ2n) is 7.54. The number of aromatic nitrogens is 1. The van der Waals surface area contributed by atoms with Crippen LogP contribution in [0, 0.1) is 6.92 Å². The number of phenols is 1.